The molecule has 0 unspecified atom stereocenters. The number of rotatable bonds is 10. The zero-order valence-electron chi connectivity index (χ0n) is 18.3. The van der Waals surface area contributed by atoms with Gasteiger partial charge >= 0.3 is 5.97 Å². The van der Waals surface area contributed by atoms with Gasteiger partial charge in [0.1, 0.15) is 12.4 Å². The van der Waals surface area contributed by atoms with Gasteiger partial charge in [0, 0.05) is 6.08 Å². The maximum Gasteiger partial charge on any atom is 0.328 e. The van der Waals surface area contributed by atoms with Crippen LogP contribution in [0.5, 0.6) is 5.75 Å². The summed E-state index contributed by atoms with van der Waals surface area (Å²) in [5, 5.41) is 9.19. The quantitative estimate of drug-likeness (QED) is 0.379. The molecule has 1 N–H and O–H groups in total. The molecule has 3 nitrogen and oxygen atoms in total. The van der Waals surface area contributed by atoms with Gasteiger partial charge < -0.3 is 9.84 Å². The fourth-order valence-corrected chi connectivity index (χ4v) is 3.89. The number of hydrogen-bond donors (Lipinski definition) is 1. The fraction of sp³-hybridized carbons (Fsp3) is 0.250. The lowest BCUT2D eigenvalue weighted by atomic mass is 9.93. The predicted molar refractivity (Wildman–Crippen MR) is 126 cm³/mol. The lowest BCUT2D eigenvalue weighted by Gasteiger charge is -2.15. The highest BCUT2D eigenvalue weighted by molar-refractivity contribution is 5.90. The molecule has 0 fully saturated rings. The highest BCUT2D eigenvalue weighted by atomic mass is 16.5. The van der Waals surface area contributed by atoms with E-state index in [0.29, 0.717) is 13.0 Å². The molecule has 0 aromatic heterocycles. The molecule has 0 spiro atoms. The van der Waals surface area contributed by atoms with Crippen molar-refractivity contribution in [2.45, 2.75) is 46.1 Å². The first kappa shape index (κ1) is 22.4. The Labute approximate surface area is 185 Å². The summed E-state index contributed by atoms with van der Waals surface area (Å²) in [6, 6.07) is 24.6. The summed E-state index contributed by atoms with van der Waals surface area (Å²) in [6.07, 6.45) is 4.78. The van der Waals surface area contributed by atoms with E-state index < -0.39 is 5.97 Å². The molecule has 3 aromatic rings. The van der Waals surface area contributed by atoms with E-state index in [0.717, 1.165) is 47.3 Å². The van der Waals surface area contributed by atoms with Crippen LogP contribution in [-0.2, 0) is 24.2 Å². The molecule has 0 aliphatic heterocycles. The normalized spacial score (nSPS) is 11.4. The van der Waals surface area contributed by atoms with Gasteiger partial charge in [-0.25, -0.2) is 4.79 Å². The largest absolute Gasteiger partial charge is 0.488 e. The third-order valence-corrected chi connectivity index (χ3v) is 5.45. The van der Waals surface area contributed by atoms with E-state index in [4.69, 9.17) is 4.74 Å². The van der Waals surface area contributed by atoms with E-state index in [9.17, 15) is 9.90 Å². The van der Waals surface area contributed by atoms with Crippen molar-refractivity contribution in [1.29, 1.82) is 0 Å². The minimum Gasteiger partial charge on any atom is -0.488 e. The Hall–Kier alpha value is -3.33. The Morgan fingerprint density at radius 1 is 0.903 bits per heavy atom. The van der Waals surface area contributed by atoms with Crippen LogP contribution in [0, 0.1) is 6.92 Å². The number of carboxylic acids is 1. The Balaban J connectivity index is 1.70. The van der Waals surface area contributed by atoms with Crippen LogP contribution >= 0.6 is 0 Å². The third kappa shape index (κ3) is 6.32. The third-order valence-electron chi connectivity index (χ3n) is 5.45. The SMILES string of the molecule is CC/C(=C\C(=O)O)c1ccccc1CCCc1cccc(C)c1OCc1ccccc1. The summed E-state index contributed by atoms with van der Waals surface area (Å²) in [6.45, 7) is 4.64. The van der Waals surface area contributed by atoms with Gasteiger partial charge in [-0.3, -0.25) is 0 Å². The van der Waals surface area contributed by atoms with E-state index in [-0.39, 0.29) is 0 Å². The average Bonchev–Trinajstić information content (AvgIpc) is 2.78. The summed E-state index contributed by atoms with van der Waals surface area (Å²) in [4.78, 5) is 11.2. The van der Waals surface area contributed by atoms with Crippen molar-refractivity contribution in [1.82, 2.24) is 0 Å². The van der Waals surface area contributed by atoms with Crippen molar-refractivity contribution in [3.8, 4) is 5.75 Å². The molecule has 3 heteroatoms. The first-order valence-corrected chi connectivity index (χ1v) is 10.9. The van der Waals surface area contributed by atoms with Crippen molar-refractivity contribution >= 4 is 11.5 Å². The van der Waals surface area contributed by atoms with E-state index >= 15 is 0 Å². The molecule has 0 radical (unpaired) electrons. The molecule has 31 heavy (non-hydrogen) atoms. The molecule has 160 valence electrons. The Kier molecular flexibility index (Phi) is 8.05. The number of hydrogen-bond acceptors (Lipinski definition) is 2. The molecule has 0 saturated carbocycles. The maximum atomic E-state index is 11.2. The zero-order valence-corrected chi connectivity index (χ0v) is 18.3. The number of carbonyl (C=O) groups is 1. The summed E-state index contributed by atoms with van der Waals surface area (Å²) < 4.78 is 6.21. The van der Waals surface area contributed by atoms with Gasteiger partial charge in [0.25, 0.3) is 0 Å². The molecule has 0 heterocycles. The molecule has 3 aromatic carbocycles. The van der Waals surface area contributed by atoms with Gasteiger partial charge in [0.15, 0.2) is 0 Å². The van der Waals surface area contributed by atoms with Crippen molar-refractivity contribution in [2.75, 3.05) is 0 Å². The number of benzene rings is 3. The van der Waals surface area contributed by atoms with Gasteiger partial charge in [-0.1, -0.05) is 79.7 Å². The predicted octanol–water partition coefficient (Wildman–Crippen LogP) is 6.63. The standard InChI is InChI=1S/C28H30O3/c1-3-23(19-27(29)30)26-18-8-7-14-24(26)15-10-17-25-16-9-11-21(2)28(25)31-20-22-12-5-4-6-13-22/h4-9,11-14,16,18-19H,3,10,15,17,20H2,1-2H3,(H,29,30)/b23-19+. The smallest absolute Gasteiger partial charge is 0.328 e. The first-order valence-electron chi connectivity index (χ1n) is 10.9. The zero-order chi connectivity index (χ0) is 22.1. The molecular formula is C28H30O3. The molecule has 0 aliphatic rings. The summed E-state index contributed by atoms with van der Waals surface area (Å²) in [7, 11) is 0. The second kappa shape index (κ2) is 11.2. The summed E-state index contributed by atoms with van der Waals surface area (Å²) in [5.41, 5.74) is 6.61. The maximum absolute atomic E-state index is 11.2. The van der Waals surface area contributed by atoms with Crippen LogP contribution in [0.3, 0.4) is 0 Å². The topological polar surface area (TPSA) is 46.5 Å². The van der Waals surface area contributed by atoms with E-state index in [1.165, 1.54) is 17.2 Å². The number of aliphatic carboxylic acids is 1. The molecular weight excluding hydrogens is 384 g/mol. The molecule has 0 aliphatic carbocycles. The monoisotopic (exact) mass is 414 g/mol. The lowest BCUT2D eigenvalue weighted by Crippen LogP contribution is -2.02. The number of para-hydroxylation sites is 1. The van der Waals surface area contributed by atoms with Crippen LogP contribution in [0.2, 0.25) is 0 Å². The summed E-state index contributed by atoms with van der Waals surface area (Å²) in [5.74, 6) is 0.0753. The van der Waals surface area contributed by atoms with Crippen LogP contribution in [0.15, 0.2) is 78.9 Å². The molecule has 3 rings (SSSR count). The van der Waals surface area contributed by atoms with Crippen molar-refractivity contribution in [3.63, 3.8) is 0 Å². The van der Waals surface area contributed by atoms with Gasteiger partial charge in [-0.15, -0.1) is 0 Å². The highest BCUT2D eigenvalue weighted by Crippen LogP contribution is 2.28. The highest BCUT2D eigenvalue weighted by Gasteiger charge is 2.10. The van der Waals surface area contributed by atoms with Crippen LogP contribution in [0.1, 0.15) is 47.6 Å². The van der Waals surface area contributed by atoms with Crippen LogP contribution < -0.4 is 4.74 Å². The van der Waals surface area contributed by atoms with Gasteiger partial charge in [-0.2, -0.15) is 0 Å². The van der Waals surface area contributed by atoms with Gasteiger partial charge in [0.05, 0.1) is 0 Å². The molecule has 0 amide bonds. The van der Waals surface area contributed by atoms with Crippen LogP contribution in [-0.4, -0.2) is 11.1 Å². The number of carboxylic acid groups (broad SMARTS) is 1. The van der Waals surface area contributed by atoms with E-state index in [1.807, 2.05) is 43.3 Å². The van der Waals surface area contributed by atoms with Crippen molar-refractivity contribution in [2.24, 2.45) is 0 Å². The average molecular weight is 415 g/mol. The summed E-state index contributed by atoms with van der Waals surface area (Å²) >= 11 is 0. The Morgan fingerprint density at radius 2 is 1.58 bits per heavy atom. The molecule has 0 bridgehead atoms. The number of allylic oxidation sites excluding steroid dienone is 1. The van der Waals surface area contributed by atoms with Gasteiger partial charge in [-0.05, 0) is 66.0 Å². The first-order chi connectivity index (χ1) is 15.1. The number of aryl methyl sites for hydroxylation is 3. The van der Waals surface area contributed by atoms with Crippen LogP contribution in [0.25, 0.3) is 5.57 Å². The number of ether oxygens (including phenoxy) is 1. The molecule has 0 atom stereocenters. The van der Waals surface area contributed by atoms with E-state index in [2.05, 4.69) is 43.3 Å². The van der Waals surface area contributed by atoms with Gasteiger partial charge in [0.2, 0.25) is 0 Å². The Bertz CT molecular complexity index is 1040. The van der Waals surface area contributed by atoms with Crippen molar-refractivity contribution < 1.29 is 14.6 Å². The fourth-order valence-electron chi connectivity index (χ4n) is 3.89. The molecule has 0 saturated heterocycles. The lowest BCUT2D eigenvalue weighted by molar-refractivity contribution is -0.131. The van der Waals surface area contributed by atoms with Crippen molar-refractivity contribution in [3.05, 3.63) is 107 Å². The Morgan fingerprint density at radius 3 is 2.32 bits per heavy atom. The second-order valence-electron chi connectivity index (χ2n) is 7.71. The van der Waals surface area contributed by atoms with E-state index in [1.54, 1.807) is 0 Å². The van der Waals surface area contributed by atoms with Crippen LogP contribution in [0.4, 0.5) is 0 Å². The minimum atomic E-state index is -0.897. The second-order valence-corrected chi connectivity index (χ2v) is 7.71. The minimum absolute atomic E-state index is 0.557.